The summed E-state index contributed by atoms with van der Waals surface area (Å²) in [5, 5.41) is 5.07. The Morgan fingerprint density at radius 1 is 1.36 bits per heavy atom. The summed E-state index contributed by atoms with van der Waals surface area (Å²) in [7, 11) is 0. The van der Waals surface area contributed by atoms with E-state index >= 15 is 0 Å². The van der Waals surface area contributed by atoms with Crippen molar-refractivity contribution in [3.05, 3.63) is 52.5 Å². The molecule has 0 amide bonds. The van der Waals surface area contributed by atoms with E-state index in [0.29, 0.717) is 10.0 Å². The molecule has 0 saturated carbocycles. The molecule has 4 nitrogen and oxygen atoms in total. The first-order chi connectivity index (χ1) is 10.5. The fourth-order valence-corrected chi connectivity index (χ4v) is 2.49. The van der Waals surface area contributed by atoms with E-state index in [-0.39, 0.29) is 6.10 Å². The van der Waals surface area contributed by atoms with Crippen LogP contribution in [0, 0.1) is 0 Å². The number of aromatic nitrogens is 2. The van der Waals surface area contributed by atoms with Gasteiger partial charge in [0, 0.05) is 18.6 Å². The van der Waals surface area contributed by atoms with Crippen LogP contribution in [-0.2, 0) is 10.4 Å². The third kappa shape index (κ3) is 3.62. The van der Waals surface area contributed by atoms with Gasteiger partial charge in [-0.25, -0.2) is 4.98 Å². The smallest absolute Gasteiger partial charge is 0.175 e. The maximum Gasteiger partial charge on any atom is 0.175 e. The average Bonchev–Trinajstić information content (AvgIpc) is 3.02. The lowest BCUT2D eigenvalue weighted by Gasteiger charge is -2.34. The van der Waals surface area contributed by atoms with Crippen LogP contribution >= 0.6 is 23.2 Å². The Kier molecular flexibility index (Phi) is 5.48. The largest absolute Gasteiger partial charge is 0.385 e. The van der Waals surface area contributed by atoms with E-state index in [1.807, 2.05) is 29.8 Å². The molecule has 2 rings (SSSR count). The number of imidazole rings is 1. The van der Waals surface area contributed by atoms with Crippen molar-refractivity contribution in [3.8, 4) is 0 Å². The van der Waals surface area contributed by atoms with Crippen molar-refractivity contribution in [2.75, 3.05) is 0 Å². The number of benzene rings is 1. The summed E-state index contributed by atoms with van der Waals surface area (Å²) >= 11 is 12.2. The predicted molar refractivity (Wildman–Crippen MR) is 90.6 cm³/mol. The zero-order valence-corrected chi connectivity index (χ0v) is 14.3. The lowest BCUT2D eigenvalue weighted by atomic mass is 9.91. The van der Waals surface area contributed by atoms with Crippen LogP contribution in [0.5, 0.6) is 0 Å². The second kappa shape index (κ2) is 7.16. The highest BCUT2D eigenvalue weighted by Crippen LogP contribution is 2.37. The van der Waals surface area contributed by atoms with E-state index < -0.39 is 5.54 Å². The van der Waals surface area contributed by atoms with E-state index in [1.165, 1.54) is 0 Å². The molecule has 0 spiro atoms. The van der Waals surface area contributed by atoms with Crippen molar-refractivity contribution in [2.24, 2.45) is 5.16 Å². The van der Waals surface area contributed by atoms with Crippen LogP contribution in [0.15, 0.2) is 42.1 Å². The van der Waals surface area contributed by atoms with Crippen LogP contribution in [0.3, 0.4) is 0 Å². The minimum atomic E-state index is -0.404. The summed E-state index contributed by atoms with van der Waals surface area (Å²) < 4.78 is 1.99. The summed E-state index contributed by atoms with van der Waals surface area (Å²) in [6.07, 6.45) is 7.60. The minimum absolute atomic E-state index is 0.334. The van der Waals surface area contributed by atoms with Crippen molar-refractivity contribution in [2.45, 2.75) is 38.8 Å². The summed E-state index contributed by atoms with van der Waals surface area (Å²) in [6.45, 7) is 6.12. The van der Waals surface area contributed by atoms with Gasteiger partial charge in [-0.2, -0.15) is 0 Å². The Hall–Kier alpha value is -1.52. The van der Waals surface area contributed by atoms with Gasteiger partial charge in [0.2, 0.25) is 0 Å². The number of hydrogen-bond acceptors (Lipinski definition) is 3. The monoisotopic (exact) mass is 339 g/mol. The molecule has 1 aromatic heterocycles. The van der Waals surface area contributed by atoms with Crippen LogP contribution in [0.25, 0.3) is 0 Å². The molecule has 1 heterocycles. The first-order valence-corrected chi connectivity index (χ1v) is 7.83. The van der Waals surface area contributed by atoms with Gasteiger partial charge in [0.1, 0.15) is 0 Å². The molecule has 1 aromatic carbocycles. The van der Waals surface area contributed by atoms with E-state index in [2.05, 4.69) is 24.0 Å². The molecule has 0 bridgehead atoms. The number of nitrogens with zero attached hydrogens (tertiary/aromatic N) is 3. The zero-order valence-electron chi connectivity index (χ0n) is 12.8. The van der Waals surface area contributed by atoms with Crippen molar-refractivity contribution in [3.63, 3.8) is 0 Å². The Balaban J connectivity index is 2.41. The summed E-state index contributed by atoms with van der Waals surface area (Å²) in [6, 6.07) is 5.48. The molecule has 6 heteroatoms. The number of oxime groups is 1. The average molecular weight is 340 g/mol. The first-order valence-electron chi connectivity index (χ1n) is 7.07. The van der Waals surface area contributed by atoms with Gasteiger partial charge in [0.25, 0.3) is 0 Å². The standard InChI is InChI=1S/C16H19Cl2N3O/c1-4-7-20-22-15(12-5-6-13(17)14(18)10-12)16(2,3)21-9-8-19-11-21/h5-11,15H,4H2,1-3H3. The number of halogens is 2. The molecule has 118 valence electrons. The molecule has 0 aliphatic heterocycles. The summed E-state index contributed by atoms with van der Waals surface area (Å²) in [5.41, 5.74) is 0.500. The summed E-state index contributed by atoms with van der Waals surface area (Å²) in [5.74, 6) is 0. The molecular weight excluding hydrogens is 321 g/mol. The summed E-state index contributed by atoms with van der Waals surface area (Å²) in [4.78, 5) is 9.89. The second-order valence-corrected chi connectivity index (χ2v) is 6.29. The maximum atomic E-state index is 6.15. The van der Waals surface area contributed by atoms with Gasteiger partial charge in [-0.3, -0.25) is 0 Å². The molecular formula is C16H19Cl2N3O. The van der Waals surface area contributed by atoms with Gasteiger partial charge in [-0.05, 0) is 38.0 Å². The SMILES string of the molecule is CCC=NOC(c1ccc(Cl)c(Cl)c1)C(C)(C)n1ccnc1. The van der Waals surface area contributed by atoms with Crippen LogP contribution < -0.4 is 0 Å². The van der Waals surface area contributed by atoms with E-state index in [4.69, 9.17) is 28.0 Å². The topological polar surface area (TPSA) is 39.4 Å². The molecule has 0 aliphatic carbocycles. The molecule has 0 fully saturated rings. The molecule has 0 radical (unpaired) electrons. The van der Waals surface area contributed by atoms with E-state index in [1.54, 1.807) is 24.8 Å². The van der Waals surface area contributed by atoms with Crippen molar-refractivity contribution in [1.29, 1.82) is 0 Å². The Morgan fingerprint density at radius 2 is 2.14 bits per heavy atom. The predicted octanol–water partition coefficient (Wildman–Crippen LogP) is 5.08. The highest BCUT2D eigenvalue weighted by molar-refractivity contribution is 6.42. The zero-order chi connectivity index (χ0) is 16.2. The molecule has 2 aromatic rings. The normalized spacial score (nSPS) is 13.5. The number of rotatable bonds is 6. The van der Waals surface area contributed by atoms with Gasteiger partial charge in [-0.15, -0.1) is 0 Å². The molecule has 0 aliphatic rings. The van der Waals surface area contributed by atoms with E-state index in [0.717, 1.165) is 12.0 Å². The van der Waals surface area contributed by atoms with Gasteiger partial charge < -0.3 is 9.40 Å². The molecule has 0 saturated heterocycles. The van der Waals surface area contributed by atoms with Gasteiger partial charge in [-0.1, -0.05) is 41.3 Å². The molecule has 1 atom stereocenters. The highest BCUT2D eigenvalue weighted by Gasteiger charge is 2.35. The lowest BCUT2D eigenvalue weighted by molar-refractivity contribution is -0.0185. The highest BCUT2D eigenvalue weighted by atomic mass is 35.5. The molecule has 22 heavy (non-hydrogen) atoms. The molecule has 0 N–H and O–H groups in total. The van der Waals surface area contributed by atoms with Crippen LogP contribution in [0.4, 0.5) is 0 Å². The van der Waals surface area contributed by atoms with Crippen LogP contribution in [0.1, 0.15) is 38.9 Å². The van der Waals surface area contributed by atoms with Crippen molar-refractivity contribution >= 4 is 29.4 Å². The maximum absolute atomic E-state index is 6.15. The van der Waals surface area contributed by atoms with Crippen molar-refractivity contribution in [1.82, 2.24) is 9.55 Å². The fourth-order valence-electron chi connectivity index (χ4n) is 2.19. The van der Waals surface area contributed by atoms with Crippen molar-refractivity contribution < 1.29 is 4.84 Å². The van der Waals surface area contributed by atoms with Gasteiger partial charge >= 0.3 is 0 Å². The lowest BCUT2D eigenvalue weighted by Crippen LogP contribution is -2.34. The Morgan fingerprint density at radius 3 is 2.73 bits per heavy atom. The minimum Gasteiger partial charge on any atom is -0.385 e. The van der Waals surface area contributed by atoms with E-state index in [9.17, 15) is 0 Å². The van der Waals surface area contributed by atoms with Gasteiger partial charge in [0.15, 0.2) is 6.10 Å². The first kappa shape index (κ1) is 16.8. The number of hydrogen-bond donors (Lipinski definition) is 0. The van der Waals surface area contributed by atoms with Crippen LogP contribution in [-0.4, -0.2) is 15.8 Å². The molecule has 1 unspecified atom stereocenters. The fraction of sp³-hybridized carbons (Fsp3) is 0.375. The Labute approximate surface area is 140 Å². The quantitative estimate of drug-likeness (QED) is 0.543. The second-order valence-electron chi connectivity index (χ2n) is 5.48. The third-order valence-electron chi connectivity index (χ3n) is 3.48. The van der Waals surface area contributed by atoms with Gasteiger partial charge in [0.05, 0.1) is 21.9 Å². The third-order valence-corrected chi connectivity index (χ3v) is 4.22. The Bertz CT molecular complexity index is 639. The van der Waals surface area contributed by atoms with Crippen LogP contribution in [0.2, 0.25) is 10.0 Å².